The van der Waals surface area contributed by atoms with Gasteiger partial charge in [-0.2, -0.15) is 16.3 Å². The lowest BCUT2D eigenvalue weighted by atomic mass is 10.1. The molecular weight excluding hydrogens is 294 g/mol. The van der Waals surface area contributed by atoms with Crippen LogP contribution in [0.1, 0.15) is 16.6 Å². The fourth-order valence-corrected chi connectivity index (χ4v) is 4.03. The molecule has 1 aromatic carbocycles. The first-order valence-electron chi connectivity index (χ1n) is 7.42. The van der Waals surface area contributed by atoms with Gasteiger partial charge in [0.2, 0.25) is 0 Å². The minimum absolute atomic E-state index is 0.495. The number of anilines is 1. The molecule has 1 fully saturated rings. The molecule has 22 heavy (non-hydrogen) atoms. The highest BCUT2D eigenvalue weighted by atomic mass is 32.2. The van der Waals surface area contributed by atoms with Gasteiger partial charge in [-0.25, -0.2) is 0 Å². The maximum Gasteiger partial charge on any atom is 0.178 e. The lowest BCUT2D eigenvalue weighted by Crippen LogP contribution is -2.35. The molecular formula is C16H17N5S. The summed E-state index contributed by atoms with van der Waals surface area (Å²) in [5.41, 5.74) is 2.19. The summed E-state index contributed by atoms with van der Waals surface area (Å²) < 4.78 is 1.81. The van der Waals surface area contributed by atoms with Crippen molar-refractivity contribution in [3.8, 4) is 0 Å². The van der Waals surface area contributed by atoms with E-state index in [4.69, 9.17) is 5.10 Å². The minimum Gasteiger partial charge on any atom is -0.353 e. The van der Waals surface area contributed by atoms with Crippen LogP contribution in [0.15, 0.2) is 42.5 Å². The van der Waals surface area contributed by atoms with Crippen LogP contribution in [0.25, 0.3) is 5.65 Å². The Morgan fingerprint density at radius 3 is 2.82 bits per heavy atom. The minimum atomic E-state index is 0.495. The first kappa shape index (κ1) is 13.6. The van der Waals surface area contributed by atoms with Gasteiger partial charge in [0.15, 0.2) is 11.5 Å². The molecule has 0 radical (unpaired) electrons. The van der Waals surface area contributed by atoms with E-state index in [1.807, 2.05) is 35.3 Å². The largest absolute Gasteiger partial charge is 0.353 e. The summed E-state index contributed by atoms with van der Waals surface area (Å²) in [6.45, 7) is 3.93. The second-order valence-electron chi connectivity index (χ2n) is 5.42. The number of aryl methyl sites for hydroxylation is 1. The van der Waals surface area contributed by atoms with Gasteiger partial charge >= 0.3 is 0 Å². The zero-order valence-corrected chi connectivity index (χ0v) is 13.2. The molecule has 1 atom stereocenters. The quantitative estimate of drug-likeness (QED) is 0.728. The first-order chi connectivity index (χ1) is 10.8. The van der Waals surface area contributed by atoms with Crippen molar-refractivity contribution in [2.24, 2.45) is 0 Å². The summed E-state index contributed by atoms with van der Waals surface area (Å²) in [5.74, 6) is 2.93. The Kier molecular flexibility index (Phi) is 3.46. The Bertz CT molecular complexity index is 786. The third-order valence-electron chi connectivity index (χ3n) is 3.97. The van der Waals surface area contributed by atoms with Crippen LogP contribution in [-0.2, 0) is 0 Å². The average Bonchev–Trinajstić information content (AvgIpc) is 2.96. The van der Waals surface area contributed by atoms with Crippen molar-refractivity contribution >= 4 is 23.2 Å². The smallest absolute Gasteiger partial charge is 0.178 e. The molecule has 0 N–H and O–H groups in total. The molecule has 1 aliphatic rings. The van der Waals surface area contributed by atoms with Crippen molar-refractivity contribution in [1.29, 1.82) is 0 Å². The van der Waals surface area contributed by atoms with E-state index in [1.54, 1.807) is 0 Å². The molecule has 0 unspecified atom stereocenters. The zero-order chi connectivity index (χ0) is 14.9. The van der Waals surface area contributed by atoms with E-state index in [0.717, 1.165) is 36.1 Å². The zero-order valence-electron chi connectivity index (χ0n) is 12.4. The van der Waals surface area contributed by atoms with E-state index in [-0.39, 0.29) is 0 Å². The van der Waals surface area contributed by atoms with Crippen LogP contribution < -0.4 is 4.90 Å². The number of aromatic nitrogens is 4. The summed E-state index contributed by atoms with van der Waals surface area (Å²) >= 11 is 2.02. The number of benzene rings is 1. The fourth-order valence-electron chi connectivity index (χ4n) is 2.78. The van der Waals surface area contributed by atoms with Crippen LogP contribution in [0.3, 0.4) is 0 Å². The van der Waals surface area contributed by atoms with Gasteiger partial charge in [0.05, 0.1) is 0 Å². The van der Waals surface area contributed by atoms with Crippen LogP contribution in [0.2, 0.25) is 0 Å². The molecule has 2 aromatic heterocycles. The Morgan fingerprint density at radius 1 is 1.09 bits per heavy atom. The molecule has 0 bridgehead atoms. The number of hydrogen-bond donors (Lipinski definition) is 0. The lowest BCUT2D eigenvalue weighted by Gasteiger charge is -2.33. The highest BCUT2D eigenvalue weighted by Crippen LogP contribution is 2.34. The molecule has 112 valence electrons. The summed E-state index contributed by atoms with van der Waals surface area (Å²) in [7, 11) is 0. The van der Waals surface area contributed by atoms with Crippen LogP contribution in [0.4, 0.5) is 5.82 Å². The molecule has 0 aliphatic carbocycles. The van der Waals surface area contributed by atoms with Crippen LogP contribution in [0, 0.1) is 6.92 Å². The second kappa shape index (κ2) is 5.61. The van der Waals surface area contributed by atoms with E-state index < -0.39 is 0 Å². The average molecular weight is 311 g/mol. The number of hydrogen-bond acceptors (Lipinski definition) is 5. The maximum absolute atomic E-state index is 4.69. The van der Waals surface area contributed by atoms with Gasteiger partial charge in [0, 0.05) is 24.1 Å². The predicted molar refractivity (Wildman–Crippen MR) is 89.4 cm³/mol. The van der Waals surface area contributed by atoms with Crippen molar-refractivity contribution < 1.29 is 0 Å². The Balaban J connectivity index is 1.62. The molecule has 3 aromatic rings. The Hall–Kier alpha value is -2.08. The predicted octanol–water partition coefficient (Wildman–Crippen LogP) is 2.73. The molecule has 6 heteroatoms. The van der Waals surface area contributed by atoms with Gasteiger partial charge in [-0.1, -0.05) is 30.3 Å². The van der Waals surface area contributed by atoms with E-state index in [2.05, 4.69) is 45.4 Å². The number of nitrogens with zero attached hydrogens (tertiary/aromatic N) is 5. The molecule has 0 amide bonds. The number of rotatable bonds is 2. The van der Waals surface area contributed by atoms with Gasteiger partial charge < -0.3 is 4.90 Å². The van der Waals surface area contributed by atoms with Crippen LogP contribution in [0.5, 0.6) is 0 Å². The maximum atomic E-state index is 4.69. The molecule has 1 saturated heterocycles. The van der Waals surface area contributed by atoms with E-state index >= 15 is 0 Å². The summed E-state index contributed by atoms with van der Waals surface area (Å²) in [5, 5.41) is 13.4. The van der Waals surface area contributed by atoms with Gasteiger partial charge in [-0.05, 0) is 24.6 Å². The van der Waals surface area contributed by atoms with Gasteiger partial charge in [0.25, 0.3) is 0 Å². The monoisotopic (exact) mass is 311 g/mol. The van der Waals surface area contributed by atoms with Crippen molar-refractivity contribution in [1.82, 2.24) is 19.8 Å². The second-order valence-corrected chi connectivity index (χ2v) is 6.74. The van der Waals surface area contributed by atoms with E-state index in [1.165, 1.54) is 5.56 Å². The molecule has 3 heterocycles. The summed E-state index contributed by atoms with van der Waals surface area (Å²) in [4.78, 5) is 2.35. The normalized spacial score (nSPS) is 18.8. The summed E-state index contributed by atoms with van der Waals surface area (Å²) in [6, 6.07) is 14.7. The first-order valence-corrected chi connectivity index (χ1v) is 8.47. The third kappa shape index (κ3) is 2.43. The molecule has 0 spiro atoms. The standard InChI is InChI=1S/C16H17N5S/c1-12-17-18-15-7-8-16(19-21(12)15)20-9-10-22-14(11-20)13-5-3-2-4-6-13/h2-8,14H,9-11H2,1H3/t14-/m0/s1. The SMILES string of the molecule is Cc1nnc2ccc(N3CCS[C@H](c4ccccc4)C3)nn12. The molecule has 5 nitrogen and oxygen atoms in total. The molecule has 1 aliphatic heterocycles. The highest BCUT2D eigenvalue weighted by Gasteiger charge is 2.23. The van der Waals surface area contributed by atoms with Crippen molar-refractivity contribution in [3.63, 3.8) is 0 Å². The van der Waals surface area contributed by atoms with Crippen molar-refractivity contribution in [2.45, 2.75) is 12.2 Å². The molecule has 0 saturated carbocycles. The molecule has 4 rings (SSSR count). The van der Waals surface area contributed by atoms with Crippen LogP contribution in [-0.4, -0.2) is 38.7 Å². The number of thioether (sulfide) groups is 1. The lowest BCUT2D eigenvalue weighted by molar-refractivity contribution is 0.741. The number of fused-ring (bicyclic) bond motifs is 1. The van der Waals surface area contributed by atoms with Crippen molar-refractivity contribution in [2.75, 3.05) is 23.7 Å². The van der Waals surface area contributed by atoms with E-state index in [0.29, 0.717) is 5.25 Å². The van der Waals surface area contributed by atoms with Gasteiger partial charge in [-0.3, -0.25) is 0 Å². The third-order valence-corrected chi connectivity index (χ3v) is 5.21. The van der Waals surface area contributed by atoms with Crippen molar-refractivity contribution in [3.05, 3.63) is 53.9 Å². The Labute approximate surface area is 133 Å². The van der Waals surface area contributed by atoms with Gasteiger partial charge in [0.1, 0.15) is 5.82 Å². The van der Waals surface area contributed by atoms with E-state index in [9.17, 15) is 0 Å². The van der Waals surface area contributed by atoms with Gasteiger partial charge in [-0.15, -0.1) is 15.3 Å². The highest BCUT2D eigenvalue weighted by molar-refractivity contribution is 7.99. The topological polar surface area (TPSA) is 46.3 Å². The summed E-state index contributed by atoms with van der Waals surface area (Å²) in [6.07, 6.45) is 0. The fraction of sp³-hybridized carbons (Fsp3) is 0.312. The van der Waals surface area contributed by atoms with Crippen LogP contribution >= 0.6 is 11.8 Å². The Morgan fingerprint density at radius 2 is 1.95 bits per heavy atom.